The fourth-order valence-corrected chi connectivity index (χ4v) is 3.58. The molecule has 1 nitrogen and oxygen atoms in total. The summed E-state index contributed by atoms with van der Waals surface area (Å²) in [7, 11) is 0. The van der Waals surface area contributed by atoms with Crippen LogP contribution in [0.5, 0.6) is 0 Å². The molecule has 0 saturated carbocycles. The van der Waals surface area contributed by atoms with Crippen LogP contribution in [0.2, 0.25) is 0 Å². The molecule has 2 aromatic rings. The van der Waals surface area contributed by atoms with E-state index in [0.717, 1.165) is 11.0 Å². The minimum atomic E-state index is 0.371. The van der Waals surface area contributed by atoms with Gasteiger partial charge in [-0.25, -0.2) is 0 Å². The number of hydrogen-bond donors (Lipinski definition) is 1. The van der Waals surface area contributed by atoms with Crippen molar-refractivity contribution in [1.82, 2.24) is 5.32 Å². The van der Waals surface area contributed by atoms with Gasteiger partial charge in [0.05, 0.1) is 0 Å². The molecule has 19 heavy (non-hydrogen) atoms. The van der Waals surface area contributed by atoms with Gasteiger partial charge in [-0.15, -0.1) is 0 Å². The average molecular weight is 336 g/mol. The third kappa shape index (κ3) is 3.85. The summed E-state index contributed by atoms with van der Waals surface area (Å²) < 4.78 is 1.14. The van der Waals surface area contributed by atoms with Gasteiger partial charge in [0, 0.05) is 20.3 Å². The molecule has 1 unspecified atom stereocenters. The van der Waals surface area contributed by atoms with Crippen molar-refractivity contribution in [3.8, 4) is 0 Å². The third-order valence-corrected chi connectivity index (χ3v) is 5.07. The standard InChI is InChI=1S/C16H18BrNS/c1-3-18-12(2)13-8-4-6-10-15(13)19-16-11-7-5-9-14(16)17/h4-12,18H,3H2,1-2H3. The Morgan fingerprint density at radius 3 is 2.37 bits per heavy atom. The Balaban J connectivity index is 2.28. The Kier molecular flexibility index (Phi) is 5.49. The van der Waals surface area contributed by atoms with E-state index in [4.69, 9.17) is 0 Å². The van der Waals surface area contributed by atoms with Gasteiger partial charge in [-0.05, 0) is 53.2 Å². The van der Waals surface area contributed by atoms with Gasteiger partial charge < -0.3 is 5.32 Å². The summed E-state index contributed by atoms with van der Waals surface area (Å²) in [6, 6.07) is 17.3. The zero-order chi connectivity index (χ0) is 13.7. The normalized spacial score (nSPS) is 12.4. The van der Waals surface area contributed by atoms with E-state index in [1.807, 2.05) is 17.8 Å². The lowest BCUT2D eigenvalue weighted by molar-refractivity contribution is 0.590. The van der Waals surface area contributed by atoms with Gasteiger partial charge in [0.25, 0.3) is 0 Å². The first-order chi connectivity index (χ1) is 9.22. The van der Waals surface area contributed by atoms with E-state index < -0.39 is 0 Å². The van der Waals surface area contributed by atoms with Gasteiger partial charge in [0.2, 0.25) is 0 Å². The van der Waals surface area contributed by atoms with Crippen LogP contribution < -0.4 is 5.32 Å². The lowest BCUT2D eigenvalue weighted by Crippen LogP contribution is -2.18. The topological polar surface area (TPSA) is 12.0 Å². The maximum absolute atomic E-state index is 3.61. The van der Waals surface area contributed by atoms with Gasteiger partial charge >= 0.3 is 0 Å². The van der Waals surface area contributed by atoms with Crippen LogP contribution in [0.4, 0.5) is 0 Å². The molecule has 0 aromatic heterocycles. The van der Waals surface area contributed by atoms with Crippen LogP contribution in [0.25, 0.3) is 0 Å². The second kappa shape index (κ2) is 7.13. The molecule has 100 valence electrons. The number of nitrogens with one attached hydrogen (secondary N) is 1. The smallest absolute Gasteiger partial charge is 0.0314 e. The molecule has 0 aliphatic rings. The Labute approximate surface area is 127 Å². The summed E-state index contributed by atoms with van der Waals surface area (Å²) in [5.74, 6) is 0. The van der Waals surface area contributed by atoms with Crippen molar-refractivity contribution in [3.63, 3.8) is 0 Å². The quantitative estimate of drug-likeness (QED) is 0.798. The first-order valence-corrected chi connectivity index (χ1v) is 8.08. The average Bonchev–Trinajstić information content (AvgIpc) is 2.42. The summed E-state index contributed by atoms with van der Waals surface area (Å²) in [5, 5.41) is 3.48. The Bertz CT molecular complexity index is 542. The highest BCUT2D eigenvalue weighted by atomic mass is 79.9. The van der Waals surface area contributed by atoms with E-state index >= 15 is 0 Å². The molecule has 2 aromatic carbocycles. The molecule has 0 aliphatic carbocycles. The molecule has 0 bridgehead atoms. The highest BCUT2D eigenvalue weighted by Gasteiger charge is 2.11. The van der Waals surface area contributed by atoms with E-state index in [9.17, 15) is 0 Å². The van der Waals surface area contributed by atoms with E-state index in [-0.39, 0.29) is 0 Å². The molecule has 0 heterocycles. The first-order valence-electron chi connectivity index (χ1n) is 6.47. The predicted octanol–water partition coefficient (Wildman–Crippen LogP) is 5.27. The molecular weight excluding hydrogens is 318 g/mol. The summed E-state index contributed by atoms with van der Waals surface area (Å²) in [6.07, 6.45) is 0. The molecule has 1 atom stereocenters. The zero-order valence-corrected chi connectivity index (χ0v) is 13.6. The molecule has 2 rings (SSSR count). The van der Waals surface area contributed by atoms with Crippen LogP contribution in [0.15, 0.2) is 62.8 Å². The summed E-state index contributed by atoms with van der Waals surface area (Å²) in [5.41, 5.74) is 1.35. The second-order valence-corrected chi connectivity index (χ2v) is 6.29. The fourth-order valence-electron chi connectivity index (χ4n) is 1.99. The summed E-state index contributed by atoms with van der Waals surface area (Å²) in [6.45, 7) is 5.33. The summed E-state index contributed by atoms with van der Waals surface area (Å²) >= 11 is 5.42. The largest absolute Gasteiger partial charge is 0.310 e. The third-order valence-electron chi connectivity index (χ3n) is 2.95. The molecule has 3 heteroatoms. The van der Waals surface area contributed by atoms with Gasteiger partial charge in [0.15, 0.2) is 0 Å². The van der Waals surface area contributed by atoms with Crippen molar-refractivity contribution in [2.24, 2.45) is 0 Å². The summed E-state index contributed by atoms with van der Waals surface area (Å²) in [4.78, 5) is 2.56. The molecule has 0 amide bonds. The molecule has 0 aliphatic heterocycles. The zero-order valence-electron chi connectivity index (χ0n) is 11.2. The fraction of sp³-hybridized carbons (Fsp3) is 0.250. The second-order valence-electron chi connectivity index (χ2n) is 4.35. The first kappa shape index (κ1) is 14.6. The van der Waals surface area contributed by atoms with E-state index in [1.165, 1.54) is 15.4 Å². The van der Waals surface area contributed by atoms with Crippen LogP contribution in [0.1, 0.15) is 25.5 Å². The van der Waals surface area contributed by atoms with Gasteiger partial charge in [-0.3, -0.25) is 0 Å². The number of benzene rings is 2. The van der Waals surface area contributed by atoms with Crippen LogP contribution in [0, 0.1) is 0 Å². The molecule has 1 N–H and O–H groups in total. The van der Waals surface area contributed by atoms with Crippen molar-refractivity contribution in [1.29, 1.82) is 0 Å². The van der Waals surface area contributed by atoms with E-state index in [2.05, 4.69) is 77.6 Å². The monoisotopic (exact) mass is 335 g/mol. The van der Waals surface area contributed by atoms with Crippen LogP contribution in [0.3, 0.4) is 0 Å². The van der Waals surface area contributed by atoms with Crippen LogP contribution in [-0.2, 0) is 0 Å². The van der Waals surface area contributed by atoms with Crippen molar-refractivity contribution >= 4 is 27.7 Å². The van der Waals surface area contributed by atoms with Gasteiger partial charge in [-0.2, -0.15) is 0 Å². The number of rotatable bonds is 5. The maximum Gasteiger partial charge on any atom is 0.0314 e. The number of hydrogen-bond acceptors (Lipinski definition) is 2. The Morgan fingerprint density at radius 1 is 1.05 bits per heavy atom. The SMILES string of the molecule is CCNC(C)c1ccccc1Sc1ccccc1Br. The van der Waals surface area contributed by atoms with Crippen LogP contribution in [-0.4, -0.2) is 6.54 Å². The van der Waals surface area contributed by atoms with Crippen molar-refractivity contribution in [3.05, 3.63) is 58.6 Å². The van der Waals surface area contributed by atoms with Crippen LogP contribution >= 0.6 is 27.7 Å². The maximum atomic E-state index is 3.61. The highest BCUT2D eigenvalue weighted by molar-refractivity contribution is 9.10. The van der Waals surface area contributed by atoms with E-state index in [0.29, 0.717) is 6.04 Å². The lowest BCUT2D eigenvalue weighted by Gasteiger charge is -2.17. The van der Waals surface area contributed by atoms with Crippen molar-refractivity contribution in [2.45, 2.75) is 29.7 Å². The predicted molar refractivity (Wildman–Crippen MR) is 86.8 cm³/mol. The minimum absolute atomic E-state index is 0.371. The Hall–Kier alpha value is -0.770. The van der Waals surface area contributed by atoms with E-state index in [1.54, 1.807) is 0 Å². The molecule has 0 saturated heterocycles. The Morgan fingerprint density at radius 2 is 1.68 bits per heavy atom. The van der Waals surface area contributed by atoms with Crippen molar-refractivity contribution < 1.29 is 0 Å². The highest BCUT2D eigenvalue weighted by Crippen LogP contribution is 2.36. The van der Waals surface area contributed by atoms with Gasteiger partial charge in [0.1, 0.15) is 0 Å². The molecule has 0 radical (unpaired) electrons. The number of halogens is 1. The van der Waals surface area contributed by atoms with Gasteiger partial charge in [-0.1, -0.05) is 49.0 Å². The molecule has 0 fully saturated rings. The lowest BCUT2D eigenvalue weighted by atomic mass is 10.1. The molecule has 0 spiro atoms. The minimum Gasteiger partial charge on any atom is -0.310 e. The molecular formula is C16H18BrNS. The van der Waals surface area contributed by atoms with Crippen molar-refractivity contribution in [2.75, 3.05) is 6.54 Å².